The molecule has 0 atom stereocenters. The van der Waals surface area contributed by atoms with E-state index in [1.807, 2.05) is 12.1 Å². The van der Waals surface area contributed by atoms with E-state index < -0.39 is 0 Å². The molecule has 1 amide bonds. The van der Waals surface area contributed by atoms with Crippen LogP contribution in [-0.2, 0) is 6.42 Å². The highest BCUT2D eigenvalue weighted by atomic mass is 16.1. The molecule has 0 bridgehead atoms. The van der Waals surface area contributed by atoms with E-state index in [-0.39, 0.29) is 5.91 Å². The average Bonchev–Trinajstić information content (AvgIpc) is 2.46. The van der Waals surface area contributed by atoms with Gasteiger partial charge in [0.2, 0.25) is 0 Å². The summed E-state index contributed by atoms with van der Waals surface area (Å²) in [6, 6.07) is 12.0. The van der Waals surface area contributed by atoms with Crippen molar-refractivity contribution in [3.05, 3.63) is 53.9 Å². The van der Waals surface area contributed by atoms with Crippen LogP contribution in [0.4, 0.5) is 0 Å². The Hall–Kier alpha value is -2.16. The number of aromatic nitrogens is 1. The maximum atomic E-state index is 11.4. The van der Waals surface area contributed by atoms with E-state index in [0.29, 0.717) is 5.69 Å². The lowest BCUT2D eigenvalue weighted by Gasteiger charge is -2.05. The van der Waals surface area contributed by atoms with E-state index in [4.69, 9.17) is 0 Å². The van der Waals surface area contributed by atoms with Crippen molar-refractivity contribution < 1.29 is 4.79 Å². The number of hydrogen-bond donors (Lipinski definition) is 1. The Labute approximate surface area is 107 Å². The fraction of sp³-hybridized carbons (Fsp3) is 0.200. The molecule has 1 aromatic carbocycles. The standard InChI is InChI=1S/C15H16N2O/c1-3-11-5-4-6-12(9-11)13-7-8-14(17-10-13)15(18)16-2/h4-10H,3H2,1-2H3,(H,16,18). The molecule has 0 unspecified atom stereocenters. The van der Waals surface area contributed by atoms with Gasteiger partial charge in [-0.3, -0.25) is 9.78 Å². The molecule has 0 spiro atoms. The molecule has 0 saturated heterocycles. The zero-order valence-corrected chi connectivity index (χ0v) is 10.6. The van der Waals surface area contributed by atoms with Gasteiger partial charge in [-0.1, -0.05) is 37.3 Å². The van der Waals surface area contributed by atoms with Crippen LogP contribution in [0, 0.1) is 0 Å². The van der Waals surface area contributed by atoms with Crippen LogP contribution in [0.3, 0.4) is 0 Å². The molecular weight excluding hydrogens is 224 g/mol. The number of carbonyl (C=O) groups excluding carboxylic acids is 1. The highest BCUT2D eigenvalue weighted by Gasteiger charge is 2.05. The van der Waals surface area contributed by atoms with E-state index in [1.165, 1.54) is 5.56 Å². The summed E-state index contributed by atoms with van der Waals surface area (Å²) >= 11 is 0. The fourth-order valence-corrected chi connectivity index (χ4v) is 1.80. The Morgan fingerprint density at radius 1 is 1.22 bits per heavy atom. The zero-order valence-electron chi connectivity index (χ0n) is 10.6. The van der Waals surface area contributed by atoms with Crippen LogP contribution in [-0.4, -0.2) is 17.9 Å². The molecule has 1 heterocycles. The van der Waals surface area contributed by atoms with Gasteiger partial charge in [0.05, 0.1) is 0 Å². The Morgan fingerprint density at radius 2 is 2.06 bits per heavy atom. The minimum Gasteiger partial charge on any atom is -0.354 e. The van der Waals surface area contributed by atoms with Crippen LogP contribution in [0.15, 0.2) is 42.6 Å². The Kier molecular flexibility index (Phi) is 3.72. The predicted octanol–water partition coefficient (Wildman–Crippen LogP) is 2.67. The maximum Gasteiger partial charge on any atom is 0.269 e. The molecule has 18 heavy (non-hydrogen) atoms. The maximum absolute atomic E-state index is 11.4. The summed E-state index contributed by atoms with van der Waals surface area (Å²) < 4.78 is 0. The predicted molar refractivity (Wildman–Crippen MR) is 72.4 cm³/mol. The monoisotopic (exact) mass is 240 g/mol. The first kappa shape index (κ1) is 12.3. The van der Waals surface area contributed by atoms with Crippen molar-refractivity contribution in [2.75, 3.05) is 7.05 Å². The summed E-state index contributed by atoms with van der Waals surface area (Å²) in [5.41, 5.74) is 3.89. The number of benzene rings is 1. The van der Waals surface area contributed by atoms with Crippen molar-refractivity contribution in [2.24, 2.45) is 0 Å². The van der Waals surface area contributed by atoms with E-state index in [9.17, 15) is 4.79 Å². The molecule has 92 valence electrons. The quantitative estimate of drug-likeness (QED) is 0.896. The average molecular weight is 240 g/mol. The van der Waals surface area contributed by atoms with Gasteiger partial charge in [0.1, 0.15) is 5.69 Å². The number of nitrogens with one attached hydrogen (secondary N) is 1. The van der Waals surface area contributed by atoms with Gasteiger partial charge in [0.25, 0.3) is 5.91 Å². The molecule has 0 fully saturated rings. The van der Waals surface area contributed by atoms with Crippen molar-refractivity contribution in [3.8, 4) is 11.1 Å². The molecule has 2 rings (SSSR count). The normalized spacial score (nSPS) is 10.1. The minimum atomic E-state index is -0.163. The molecule has 3 nitrogen and oxygen atoms in total. The summed E-state index contributed by atoms with van der Waals surface area (Å²) in [6.07, 6.45) is 2.75. The van der Waals surface area contributed by atoms with Crippen molar-refractivity contribution in [1.82, 2.24) is 10.3 Å². The lowest BCUT2D eigenvalue weighted by atomic mass is 10.0. The Balaban J connectivity index is 2.31. The molecule has 0 radical (unpaired) electrons. The number of hydrogen-bond acceptors (Lipinski definition) is 2. The van der Waals surface area contributed by atoms with Gasteiger partial charge in [-0.25, -0.2) is 0 Å². The fourth-order valence-electron chi connectivity index (χ4n) is 1.80. The number of rotatable bonds is 3. The molecule has 0 aliphatic carbocycles. The highest BCUT2D eigenvalue weighted by molar-refractivity contribution is 5.92. The van der Waals surface area contributed by atoms with E-state index in [0.717, 1.165) is 17.5 Å². The number of pyridine rings is 1. The molecule has 3 heteroatoms. The largest absolute Gasteiger partial charge is 0.354 e. The topological polar surface area (TPSA) is 42.0 Å². The summed E-state index contributed by atoms with van der Waals surface area (Å²) in [5, 5.41) is 2.56. The minimum absolute atomic E-state index is 0.163. The number of nitrogens with zero attached hydrogens (tertiary/aromatic N) is 1. The van der Waals surface area contributed by atoms with Crippen LogP contribution < -0.4 is 5.32 Å². The zero-order chi connectivity index (χ0) is 13.0. The summed E-state index contributed by atoms with van der Waals surface area (Å²) in [7, 11) is 1.60. The third kappa shape index (κ3) is 2.56. The first-order valence-corrected chi connectivity index (χ1v) is 6.02. The lowest BCUT2D eigenvalue weighted by molar-refractivity contribution is 0.0958. The van der Waals surface area contributed by atoms with E-state index in [2.05, 4.69) is 35.4 Å². The van der Waals surface area contributed by atoms with Crippen LogP contribution in [0.25, 0.3) is 11.1 Å². The summed E-state index contributed by atoms with van der Waals surface area (Å²) in [5.74, 6) is -0.163. The summed E-state index contributed by atoms with van der Waals surface area (Å²) in [4.78, 5) is 15.6. The highest BCUT2D eigenvalue weighted by Crippen LogP contribution is 2.20. The smallest absolute Gasteiger partial charge is 0.269 e. The molecular formula is C15H16N2O. The molecule has 1 N–H and O–H groups in total. The molecule has 2 aromatic rings. The lowest BCUT2D eigenvalue weighted by Crippen LogP contribution is -2.18. The Morgan fingerprint density at radius 3 is 2.67 bits per heavy atom. The first-order chi connectivity index (χ1) is 8.74. The third-order valence-corrected chi connectivity index (χ3v) is 2.89. The van der Waals surface area contributed by atoms with Gasteiger partial charge in [0, 0.05) is 18.8 Å². The molecule has 0 saturated carbocycles. The van der Waals surface area contributed by atoms with Crippen LogP contribution >= 0.6 is 0 Å². The molecule has 1 aromatic heterocycles. The first-order valence-electron chi connectivity index (χ1n) is 6.02. The Bertz CT molecular complexity index is 547. The number of aryl methyl sites for hydroxylation is 1. The van der Waals surface area contributed by atoms with E-state index >= 15 is 0 Å². The van der Waals surface area contributed by atoms with Crippen LogP contribution in [0.5, 0.6) is 0 Å². The van der Waals surface area contributed by atoms with Gasteiger partial charge >= 0.3 is 0 Å². The van der Waals surface area contributed by atoms with Gasteiger partial charge in [0.15, 0.2) is 0 Å². The summed E-state index contributed by atoms with van der Waals surface area (Å²) in [6.45, 7) is 2.13. The second kappa shape index (κ2) is 5.45. The van der Waals surface area contributed by atoms with E-state index in [1.54, 1.807) is 19.3 Å². The van der Waals surface area contributed by atoms with Gasteiger partial charge < -0.3 is 5.32 Å². The van der Waals surface area contributed by atoms with Crippen LogP contribution in [0.2, 0.25) is 0 Å². The second-order valence-corrected chi connectivity index (χ2v) is 4.07. The van der Waals surface area contributed by atoms with Crippen molar-refractivity contribution in [2.45, 2.75) is 13.3 Å². The van der Waals surface area contributed by atoms with Crippen molar-refractivity contribution >= 4 is 5.91 Å². The SMILES string of the molecule is CCc1cccc(-c2ccc(C(=O)NC)nc2)c1. The van der Waals surface area contributed by atoms with Gasteiger partial charge in [-0.15, -0.1) is 0 Å². The number of amides is 1. The third-order valence-electron chi connectivity index (χ3n) is 2.89. The van der Waals surface area contributed by atoms with Crippen molar-refractivity contribution in [1.29, 1.82) is 0 Å². The van der Waals surface area contributed by atoms with Gasteiger partial charge in [-0.05, 0) is 23.6 Å². The number of carbonyl (C=O) groups is 1. The molecule has 0 aliphatic rings. The van der Waals surface area contributed by atoms with Gasteiger partial charge in [-0.2, -0.15) is 0 Å². The van der Waals surface area contributed by atoms with Crippen LogP contribution in [0.1, 0.15) is 23.0 Å². The van der Waals surface area contributed by atoms with Crippen molar-refractivity contribution in [3.63, 3.8) is 0 Å². The second-order valence-electron chi connectivity index (χ2n) is 4.07. The molecule has 0 aliphatic heterocycles.